The number of rotatable bonds is 2. The van der Waals surface area contributed by atoms with Gasteiger partial charge >= 0.3 is 0 Å². The third-order valence-corrected chi connectivity index (χ3v) is 3.62. The summed E-state index contributed by atoms with van der Waals surface area (Å²) in [5.74, 6) is 1.67. The molecule has 1 aliphatic rings. The second-order valence-electron chi connectivity index (χ2n) is 5.16. The van der Waals surface area contributed by atoms with Gasteiger partial charge in [0.05, 0.1) is 11.4 Å². The smallest absolute Gasteiger partial charge is 0.127 e. The van der Waals surface area contributed by atoms with Crippen LogP contribution in [-0.4, -0.2) is 9.78 Å². The van der Waals surface area contributed by atoms with Crippen LogP contribution in [0.3, 0.4) is 0 Å². The Bertz CT molecular complexity index is 553. The summed E-state index contributed by atoms with van der Waals surface area (Å²) in [5, 5.41) is 4.54. The lowest BCUT2D eigenvalue weighted by atomic mass is 9.74. The van der Waals surface area contributed by atoms with E-state index in [-0.39, 0.29) is 5.82 Å². The SMILES string of the molecule is CC1CC(c2cc(N)n(-c3ccc(F)cc3)n2)C1. The molecule has 18 heavy (non-hydrogen) atoms. The van der Waals surface area contributed by atoms with E-state index in [1.807, 2.05) is 6.07 Å². The predicted molar refractivity (Wildman–Crippen MR) is 69.1 cm³/mol. The first-order valence-electron chi connectivity index (χ1n) is 6.25. The average Bonchev–Trinajstić information content (AvgIpc) is 2.68. The second kappa shape index (κ2) is 4.12. The van der Waals surface area contributed by atoms with Gasteiger partial charge in [-0.2, -0.15) is 5.10 Å². The first kappa shape index (κ1) is 11.3. The summed E-state index contributed by atoms with van der Waals surface area (Å²) >= 11 is 0. The highest BCUT2D eigenvalue weighted by atomic mass is 19.1. The van der Waals surface area contributed by atoms with Gasteiger partial charge in [0.15, 0.2) is 0 Å². The summed E-state index contributed by atoms with van der Waals surface area (Å²) in [5.41, 5.74) is 7.82. The Balaban J connectivity index is 1.90. The van der Waals surface area contributed by atoms with Crippen LogP contribution in [0.4, 0.5) is 10.2 Å². The molecule has 1 heterocycles. The Kier molecular flexibility index (Phi) is 2.58. The van der Waals surface area contributed by atoms with Crippen LogP contribution in [0.2, 0.25) is 0 Å². The zero-order valence-electron chi connectivity index (χ0n) is 10.3. The molecule has 94 valence electrons. The Morgan fingerprint density at radius 1 is 1.28 bits per heavy atom. The van der Waals surface area contributed by atoms with Crippen molar-refractivity contribution in [2.45, 2.75) is 25.7 Å². The molecule has 0 spiro atoms. The van der Waals surface area contributed by atoms with Crippen molar-refractivity contribution in [2.24, 2.45) is 5.92 Å². The number of hydrogen-bond acceptors (Lipinski definition) is 2. The standard InChI is InChI=1S/C14H16FN3/c1-9-6-10(7-9)13-8-14(16)18(17-13)12-4-2-11(15)3-5-12/h2-5,8-10H,6-7,16H2,1H3. The number of hydrogen-bond donors (Lipinski definition) is 1. The fraction of sp³-hybridized carbons (Fsp3) is 0.357. The van der Waals surface area contributed by atoms with Gasteiger partial charge in [-0.05, 0) is 43.0 Å². The average molecular weight is 245 g/mol. The van der Waals surface area contributed by atoms with Crippen molar-refractivity contribution in [3.05, 3.63) is 41.8 Å². The largest absolute Gasteiger partial charge is 0.384 e. The zero-order valence-corrected chi connectivity index (χ0v) is 10.3. The second-order valence-corrected chi connectivity index (χ2v) is 5.16. The topological polar surface area (TPSA) is 43.8 Å². The quantitative estimate of drug-likeness (QED) is 0.883. The molecule has 1 aromatic carbocycles. The van der Waals surface area contributed by atoms with E-state index in [0.29, 0.717) is 11.7 Å². The van der Waals surface area contributed by atoms with Gasteiger partial charge in [0, 0.05) is 12.0 Å². The van der Waals surface area contributed by atoms with Gasteiger partial charge in [0.25, 0.3) is 0 Å². The van der Waals surface area contributed by atoms with E-state index in [1.54, 1.807) is 16.8 Å². The minimum atomic E-state index is -0.252. The Morgan fingerprint density at radius 3 is 2.56 bits per heavy atom. The number of benzene rings is 1. The lowest BCUT2D eigenvalue weighted by Crippen LogP contribution is -2.19. The molecule has 2 aromatic rings. The molecule has 0 aliphatic heterocycles. The molecule has 2 N–H and O–H groups in total. The number of aromatic nitrogens is 2. The lowest BCUT2D eigenvalue weighted by Gasteiger charge is -2.31. The normalized spacial score (nSPS) is 22.8. The predicted octanol–water partition coefficient (Wildman–Crippen LogP) is 3.11. The first-order valence-corrected chi connectivity index (χ1v) is 6.25. The van der Waals surface area contributed by atoms with Crippen molar-refractivity contribution in [1.82, 2.24) is 9.78 Å². The molecule has 0 saturated heterocycles. The van der Waals surface area contributed by atoms with Crippen molar-refractivity contribution in [3.8, 4) is 5.69 Å². The Morgan fingerprint density at radius 2 is 1.94 bits per heavy atom. The maximum atomic E-state index is 12.9. The van der Waals surface area contributed by atoms with E-state index in [0.717, 1.165) is 17.3 Å². The summed E-state index contributed by atoms with van der Waals surface area (Å²) in [7, 11) is 0. The molecule has 1 aliphatic carbocycles. The number of nitrogens with two attached hydrogens (primary N) is 1. The van der Waals surface area contributed by atoms with Gasteiger partial charge in [-0.3, -0.25) is 0 Å². The van der Waals surface area contributed by atoms with E-state index in [1.165, 1.54) is 25.0 Å². The molecule has 0 unspecified atom stereocenters. The van der Waals surface area contributed by atoms with Crippen LogP contribution in [0.25, 0.3) is 5.69 Å². The van der Waals surface area contributed by atoms with Crippen molar-refractivity contribution >= 4 is 5.82 Å². The lowest BCUT2D eigenvalue weighted by molar-refractivity contribution is 0.283. The van der Waals surface area contributed by atoms with Gasteiger partial charge in [0.2, 0.25) is 0 Å². The highest BCUT2D eigenvalue weighted by Crippen LogP contribution is 2.41. The molecule has 0 radical (unpaired) electrons. The van der Waals surface area contributed by atoms with Crippen LogP contribution in [0, 0.1) is 11.7 Å². The molecule has 0 atom stereocenters. The number of nitrogens with zero attached hydrogens (tertiary/aromatic N) is 2. The molecule has 3 nitrogen and oxygen atoms in total. The van der Waals surface area contributed by atoms with Crippen LogP contribution in [0.1, 0.15) is 31.4 Å². The summed E-state index contributed by atoms with van der Waals surface area (Å²) in [6.45, 7) is 2.25. The van der Waals surface area contributed by atoms with Gasteiger partial charge in [-0.25, -0.2) is 9.07 Å². The first-order chi connectivity index (χ1) is 8.63. The summed E-state index contributed by atoms with van der Waals surface area (Å²) in [6.07, 6.45) is 2.36. The summed E-state index contributed by atoms with van der Waals surface area (Å²) < 4.78 is 14.6. The summed E-state index contributed by atoms with van der Waals surface area (Å²) in [6, 6.07) is 8.14. The van der Waals surface area contributed by atoms with E-state index in [4.69, 9.17) is 5.73 Å². The van der Waals surface area contributed by atoms with E-state index < -0.39 is 0 Å². The minimum absolute atomic E-state index is 0.252. The third kappa shape index (κ3) is 1.88. The van der Waals surface area contributed by atoms with Crippen molar-refractivity contribution in [2.75, 3.05) is 5.73 Å². The van der Waals surface area contributed by atoms with Crippen molar-refractivity contribution in [3.63, 3.8) is 0 Å². The van der Waals surface area contributed by atoms with Crippen LogP contribution >= 0.6 is 0 Å². The van der Waals surface area contributed by atoms with E-state index in [2.05, 4.69) is 12.0 Å². The third-order valence-electron chi connectivity index (χ3n) is 3.62. The molecular weight excluding hydrogens is 229 g/mol. The van der Waals surface area contributed by atoms with Crippen LogP contribution < -0.4 is 5.73 Å². The number of nitrogen functional groups attached to an aromatic ring is 1. The van der Waals surface area contributed by atoms with E-state index >= 15 is 0 Å². The van der Waals surface area contributed by atoms with Crippen LogP contribution in [-0.2, 0) is 0 Å². The number of halogens is 1. The maximum absolute atomic E-state index is 12.9. The molecule has 1 saturated carbocycles. The zero-order chi connectivity index (χ0) is 12.7. The Labute approximate surface area is 105 Å². The maximum Gasteiger partial charge on any atom is 0.127 e. The highest BCUT2D eigenvalue weighted by molar-refractivity contribution is 5.43. The number of anilines is 1. The fourth-order valence-corrected chi connectivity index (χ4v) is 2.55. The molecule has 0 bridgehead atoms. The van der Waals surface area contributed by atoms with Crippen molar-refractivity contribution < 1.29 is 4.39 Å². The molecule has 1 fully saturated rings. The van der Waals surface area contributed by atoms with Gasteiger partial charge in [-0.1, -0.05) is 6.92 Å². The molecule has 0 amide bonds. The molecular formula is C14H16FN3. The molecule has 1 aromatic heterocycles. The van der Waals surface area contributed by atoms with Crippen molar-refractivity contribution in [1.29, 1.82) is 0 Å². The minimum Gasteiger partial charge on any atom is -0.384 e. The highest BCUT2D eigenvalue weighted by Gasteiger charge is 2.29. The van der Waals surface area contributed by atoms with Gasteiger partial charge in [0.1, 0.15) is 11.6 Å². The fourth-order valence-electron chi connectivity index (χ4n) is 2.55. The summed E-state index contributed by atoms with van der Waals surface area (Å²) in [4.78, 5) is 0. The Hall–Kier alpha value is -1.84. The van der Waals surface area contributed by atoms with Crippen LogP contribution in [0.15, 0.2) is 30.3 Å². The monoisotopic (exact) mass is 245 g/mol. The van der Waals surface area contributed by atoms with E-state index in [9.17, 15) is 4.39 Å². The molecule has 3 rings (SSSR count). The van der Waals surface area contributed by atoms with Gasteiger partial charge < -0.3 is 5.73 Å². The van der Waals surface area contributed by atoms with Crippen LogP contribution in [0.5, 0.6) is 0 Å². The molecule has 4 heteroatoms. The van der Waals surface area contributed by atoms with Gasteiger partial charge in [-0.15, -0.1) is 0 Å².